The van der Waals surface area contributed by atoms with Gasteiger partial charge in [-0.2, -0.15) is 0 Å². The third kappa shape index (κ3) is 5.67. The Labute approximate surface area is 165 Å². The zero-order chi connectivity index (χ0) is 20.9. The van der Waals surface area contributed by atoms with Crippen molar-refractivity contribution in [2.45, 2.75) is 40.0 Å². The molecule has 0 unspecified atom stereocenters. The molecule has 2 aromatic carbocycles. The summed E-state index contributed by atoms with van der Waals surface area (Å²) in [5, 5.41) is 5.50. The van der Waals surface area contributed by atoms with Gasteiger partial charge in [0.15, 0.2) is 12.4 Å². The lowest BCUT2D eigenvalue weighted by Gasteiger charge is -2.23. The Morgan fingerprint density at radius 3 is 2.21 bits per heavy atom. The number of nitrogens with one attached hydrogen (secondary N) is 2. The first kappa shape index (κ1) is 21.2. The van der Waals surface area contributed by atoms with E-state index >= 15 is 0 Å². The minimum absolute atomic E-state index is 0.126. The molecule has 2 rings (SSSR count). The molecular weight excluding hydrogens is 356 g/mol. The van der Waals surface area contributed by atoms with E-state index in [0.29, 0.717) is 11.3 Å². The Hall–Kier alpha value is -3.15. The highest BCUT2D eigenvalue weighted by molar-refractivity contribution is 5.97. The van der Waals surface area contributed by atoms with Crippen LogP contribution in [0.2, 0.25) is 0 Å². The molecular formula is C22H26N2O4. The average molecular weight is 382 g/mol. The van der Waals surface area contributed by atoms with E-state index in [2.05, 4.69) is 31.4 Å². The van der Waals surface area contributed by atoms with E-state index in [1.54, 1.807) is 12.1 Å². The van der Waals surface area contributed by atoms with E-state index in [0.717, 1.165) is 11.3 Å². The maximum Gasteiger partial charge on any atom is 0.262 e. The zero-order valence-corrected chi connectivity index (χ0v) is 16.9. The third-order valence-electron chi connectivity index (χ3n) is 4.07. The van der Waals surface area contributed by atoms with Crippen molar-refractivity contribution in [1.29, 1.82) is 0 Å². The van der Waals surface area contributed by atoms with Gasteiger partial charge in [0.1, 0.15) is 5.75 Å². The van der Waals surface area contributed by atoms with Crippen LogP contribution in [-0.4, -0.2) is 24.2 Å². The number of hydrogen-bond acceptors (Lipinski definition) is 4. The fourth-order valence-electron chi connectivity index (χ4n) is 2.73. The molecule has 148 valence electrons. The van der Waals surface area contributed by atoms with E-state index in [-0.39, 0.29) is 35.4 Å². The molecule has 0 atom stereocenters. The van der Waals surface area contributed by atoms with Crippen LogP contribution in [0.1, 0.15) is 50.5 Å². The van der Waals surface area contributed by atoms with Crippen molar-refractivity contribution in [3.63, 3.8) is 0 Å². The number of Topliss-reactive ketones (excluding diaryl/α,β-unsaturated/α-hetero) is 1. The average Bonchev–Trinajstić information content (AvgIpc) is 2.59. The smallest absolute Gasteiger partial charge is 0.262 e. The summed E-state index contributed by atoms with van der Waals surface area (Å²) in [5.74, 6) is -0.479. The SMILES string of the molecule is CC(=O)Nc1ccc(C(C)=O)cc1OCC(=O)Nc1ccccc1C(C)(C)C. The van der Waals surface area contributed by atoms with Gasteiger partial charge in [-0.3, -0.25) is 14.4 Å². The van der Waals surface area contributed by atoms with Crippen LogP contribution in [0.15, 0.2) is 42.5 Å². The molecule has 0 saturated heterocycles. The number of anilines is 2. The molecule has 0 bridgehead atoms. The summed E-state index contributed by atoms with van der Waals surface area (Å²) in [6.07, 6.45) is 0. The van der Waals surface area contributed by atoms with Gasteiger partial charge in [0.05, 0.1) is 5.69 Å². The van der Waals surface area contributed by atoms with E-state index in [1.807, 2.05) is 24.3 Å². The maximum atomic E-state index is 12.4. The summed E-state index contributed by atoms with van der Waals surface area (Å²) >= 11 is 0. The second kappa shape index (κ2) is 8.69. The fraction of sp³-hybridized carbons (Fsp3) is 0.318. The van der Waals surface area contributed by atoms with Crippen molar-refractivity contribution in [3.05, 3.63) is 53.6 Å². The van der Waals surface area contributed by atoms with E-state index < -0.39 is 0 Å². The van der Waals surface area contributed by atoms with Crippen molar-refractivity contribution >= 4 is 29.0 Å². The molecule has 6 heteroatoms. The van der Waals surface area contributed by atoms with Crippen molar-refractivity contribution in [2.75, 3.05) is 17.2 Å². The Morgan fingerprint density at radius 2 is 1.61 bits per heavy atom. The maximum absolute atomic E-state index is 12.4. The molecule has 0 heterocycles. The van der Waals surface area contributed by atoms with Gasteiger partial charge in [0.2, 0.25) is 5.91 Å². The summed E-state index contributed by atoms with van der Waals surface area (Å²) in [5.41, 5.74) is 2.45. The predicted octanol–water partition coefficient (Wildman–Crippen LogP) is 4.16. The number of ether oxygens (including phenoxy) is 1. The fourth-order valence-corrected chi connectivity index (χ4v) is 2.73. The number of carbonyl (C=O) groups excluding carboxylic acids is 3. The van der Waals surface area contributed by atoms with Crippen LogP contribution in [0.5, 0.6) is 5.75 Å². The van der Waals surface area contributed by atoms with Crippen molar-refractivity contribution < 1.29 is 19.1 Å². The molecule has 0 spiro atoms. The molecule has 2 N–H and O–H groups in total. The second-order valence-electron chi connectivity index (χ2n) is 7.58. The molecule has 0 aliphatic heterocycles. The first-order chi connectivity index (χ1) is 13.1. The molecule has 6 nitrogen and oxygen atoms in total. The first-order valence-electron chi connectivity index (χ1n) is 9.02. The largest absolute Gasteiger partial charge is 0.482 e. The highest BCUT2D eigenvalue weighted by atomic mass is 16.5. The number of amides is 2. The van der Waals surface area contributed by atoms with E-state index in [4.69, 9.17) is 4.74 Å². The van der Waals surface area contributed by atoms with Gasteiger partial charge >= 0.3 is 0 Å². The topological polar surface area (TPSA) is 84.5 Å². The van der Waals surface area contributed by atoms with Crippen molar-refractivity contribution in [3.8, 4) is 5.75 Å². The number of benzene rings is 2. The van der Waals surface area contributed by atoms with Crippen molar-refractivity contribution in [1.82, 2.24) is 0 Å². The Bertz CT molecular complexity index is 898. The number of ketones is 1. The Kier molecular flexibility index (Phi) is 6.57. The van der Waals surface area contributed by atoms with E-state index in [1.165, 1.54) is 19.9 Å². The predicted molar refractivity (Wildman–Crippen MR) is 110 cm³/mol. The minimum Gasteiger partial charge on any atom is -0.482 e. The molecule has 2 aromatic rings. The molecule has 2 amide bonds. The highest BCUT2D eigenvalue weighted by Crippen LogP contribution is 2.29. The number of hydrogen-bond donors (Lipinski definition) is 2. The molecule has 0 fully saturated rings. The van der Waals surface area contributed by atoms with Crippen LogP contribution in [0.4, 0.5) is 11.4 Å². The third-order valence-corrected chi connectivity index (χ3v) is 4.07. The normalized spacial score (nSPS) is 10.9. The first-order valence-corrected chi connectivity index (χ1v) is 9.02. The highest BCUT2D eigenvalue weighted by Gasteiger charge is 2.19. The van der Waals surface area contributed by atoms with Gasteiger partial charge in [-0.15, -0.1) is 0 Å². The minimum atomic E-state index is -0.335. The van der Waals surface area contributed by atoms with Gasteiger partial charge in [-0.25, -0.2) is 0 Å². The molecule has 28 heavy (non-hydrogen) atoms. The van der Waals surface area contributed by atoms with Gasteiger partial charge in [0.25, 0.3) is 5.91 Å². The van der Waals surface area contributed by atoms with Gasteiger partial charge < -0.3 is 15.4 Å². The standard InChI is InChI=1S/C22H26N2O4/c1-14(25)16-10-11-19(23-15(2)26)20(12-16)28-13-21(27)24-18-9-7-6-8-17(18)22(3,4)5/h6-12H,13H2,1-5H3,(H,23,26)(H,24,27). The molecule has 0 aliphatic rings. The summed E-state index contributed by atoms with van der Waals surface area (Å²) in [7, 11) is 0. The van der Waals surface area contributed by atoms with Crippen LogP contribution in [-0.2, 0) is 15.0 Å². The van der Waals surface area contributed by atoms with E-state index in [9.17, 15) is 14.4 Å². The Balaban J connectivity index is 2.16. The summed E-state index contributed by atoms with van der Waals surface area (Å²) in [4.78, 5) is 35.4. The monoisotopic (exact) mass is 382 g/mol. The van der Waals surface area contributed by atoms with Crippen LogP contribution in [0.3, 0.4) is 0 Å². The van der Waals surface area contributed by atoms with Crippen LogP contribution >= 0.6 is 0 Å². The second-order valence-corrected chi connectivity index (χ2v) is 7.58. The van der Waals surface area contributed by atoms with Crippen LogP contribution in [0.25, 0.3) is 0 Å². The lowest BCUT2D eigenvalue weighted by atomic mass is 9.86. The Morgan fingerprint density at radius 1 is 0.929 bits per heavy atom. The number of carbonyl (C=O) groups is 3. The molecule has 0 radical (unpaired) electrons. The van der Waals surface area contributed by atoms with Gasteiger partial charge in [0, 0.05) is 18.2 Å². The van der Waals surface area contributed by atoms with Gasteiger partial charge in [-0.1, -0.05) is 39.0 Å². The summed E-state index contributed by atoms with van der Waals surface area (Å²) < 4.78 is 5.61. The molecule has 0 aromatic heterocycles. The molecule has 0 saturated carbocycles. The zero-order valence-electron chi connectivity index (χ0n) is 16.9. The number of rotatable bonds is 6. The van der Waals surface area contributed by atoms with Crippen molar-refractivity contribution in [2.24, 2.45) is 0 Å². The lowest BCUT2D eigenvalue weighted by Crippen LogP contribution is -2.23. The van der Waals surface area contributed by atoms with Gasteiger partial charge in [-0.05, 0) is 42.2 Å². The quantitative estimate of drug-likeness (QED) is 0.735. The number of para-hydroxylation sites is 1. The summed E-state index contributed by atoms with van der Waals surface area (Å²) in [6.45, 7) is 8.77. The van der Waals surface area contributed by atoms with Crippen LogP contribution in [0, 0.1) is 0 Å². The summed E-state index contributed by atoms with van der Waals surface area (Å²) in [6, 6.07) is 12.3. The van der Waals surface area contributed by atoms with Crippen LogP contribution < -0.4 is 15.4 Å². The molecule has 0 aliphatic carbocycles. The lowest BCUT2D eigenvalue weighted by molar-refractivity contribution is -0.118.